The highest BCUT2D eigenvalue weighted by atomic mass is 32.2. The molecule has 2 aromatic carbocycles. The van der Waals surface area contributed by atoms with Gasteiger partial charge in [-0.05, 0) is 17.7 Å². The SMILES string of the molecule is N#CCCn1cc(C=CC(=O)NCCS(=O)(=O)NCc2ccccc2)c2ccccc21. The fraction of sp³-hybridized carbons (Fsp3) is 0.217. The van der Waals surface area contributed by atoms with Crippen LogP contribution in [0, 0.1) is 11.3 Å². The molecule has 0 spiro atoms. The van der Waals surface area contributed by atoms with Gasteiger partial charge in [0, 0.05) is 48.4 Å². The van der Waals surface area contributed by atoms with Gasteiger partial charge in [-0.1, -0.05) is 48.5 Å². The van der Waals surface area contributed by atoms with Gasteiger partial charge in [0.1, 0.15) is 0 Å². The Morgan fingerprint density at radius 3 is 2.61 bits per heavy atom. The topological polar surface area (TPSA) is 104 Å². The molecule has 3 rings (SSSR count). The van der Waals surface area contributed by atoms with Gasteiger partial charge < -0.3 is 9.88 Å². The Bertz CT molecular complexity index is 1210. The molecule has 8 heteroatoms. The smallest absolute Gasteiger partial charge is 0.244 e. The van der Waals surface area contributed by atoms with E-state index in [1.807, 2.05) is 65.4 Å². The van der Waals surface area contributed by atoms with Crippen LogP contribution in [0.25, 0.3) is 17.0 Å². The Hall–Kier alpha value is -3.41. The van der Waals surface area contributed by atoms with Crippen molar-refractivity contribution in [1.29, 1.82) is 5.26 Å². The minimum Gasteiger partial charge on any atom is -0.351 e. The molecule has 2 N–H and O–H groups in total. The number of amides is 1. The second-order valence-electron chi connectivity index (χ2n) is 6.95. The molecule has 3 aromatic rings. The van der Waals surface area contributed by atoms with Gasteiger partial charge in [0.05, 0.1) is 18.2 Å². The predicted molar refractivity (Wildman–Crippen MR) is 121 cm³/mol. The van der Waals surface area contributed by atoms with E-state index in [2.05, 4.69) is 16.1 Å². The monoisotopic (exact) mass is 436 g/mol. The molecule has 7 nitrogen and oxygen atoms in total. The highest BCUT2D eigenvalue weighted by molar-refractivity contribution is 7.89. The molecule has 0 atom stereocenters. The maximum Gasteiger partial charge on any atom is 0.244 e. The van der Waals surface area contributed by atoms with E-state index in [-0.39, 0.29) is 24.7 Å². The summed E-state index contributed by atoms with van der Waals surface area (Å²) in [6, 6.07) is 19.1. The van der Waals surface area contributed by atoms with Gasteiger partial charge in [-0.3, -0.25) is 4.79 Å². The zero-order valence-electron chi connectivity index (χ0n) is 17.0. The van der Waals surface area contributed by atoms with Crippen LogP contribution in [0.3, 0.4) is 0 Å². The van der Waals surface area contributed by atoms with Crippen LogP contribution in [0.5, 0.6) is 0 Å². The number of para-hydroxylation sites is 1. The molecule has 0 aliphatic carbocycles. The highest BCUT2D eigenvalue weighted by Crippen LogP contribution is 2.22. The number of aromatic nitrogens is 1. The van der Waals surface area contributed by atoms with Crippen LogP contribution >= 0.6 is 0 Å². The van der Waals surface area contributed by atoms with Crippen LogP contribution < -0.4 is 10.0 Å². The molecule has 160 valence electrons. The van der Waals surface area contributed by atoms with E-state index < -0.39 is 10.0 Å². The summed E-state index contributed by atoms with van der Waals surface area (Å²) >= 11 is 0. The van der Waals surface area contributed by atoms with Crippen LogP contribution in [0.15, 0.2) is 66.9 Å². The van der Waals surface area contributed by atoms with E-state index in [0.717, 1.165) is 22.0 Å². The van der Waals surface area contributed by atoms with E-state index in [9.17, 15) is 13.2 Å². The molecule has 0 saturated heterocycles. The summed E-state index contributed by atoms with van der Waals surface area (Å²) in [6.45, 7) is 0.801. The third kappa shape index (κ3) is 6.54. The predicted octanol–water partition coefficient (Wildman–Crippen LogP) is 2.80. The van der Waals surface area contributed by atoms with Crippen molar-refractivity contribution in [3.8, 4) is 6.07 Å². The summed E-state index contributed by atoms with van der Waals surface area (Å²) in [5, 5.41) is 12.4. The Kier molecular flexibility index (Phi) is 7.60. The molecule has 0 aliphatic heterocycles. The molecule has 31 heavy (non-hydrogen) atoms. The van der Waals surface area contributed by atoms with Crippen LogP contribution in [0.1, 0.15) is 17.5 Å². The first-order chi connectivity index (χ1) is 15.0. The van der Waals surface area contributed by atoms with E-state index in [4.69, 9.17) is 5.26 Å². The standard InChI is InChI=1S/C23H24N4O3S/c24-13-6-15-27-18-20(21-9-4-5-10-22(21)27)11-12-23(28)25-14-16-31(29,30)26-17-19-7-2-1-3-8-19/h1-5,7-12,18,26H,6,14-17H2,(H,25,28). The van der Waals surface area contributed by atoms with Gasteiger partial charge >= 0.3 is 0 Å². The quantitative estimate of drug-likeness (QED) is 0.477. The summed E-state index contributed by atoms with van der Waals surface area (Å²) in [6.07, 6.45) is 5.39. The average molecular weight is 437 g/mol. The zero-order valence-corrected chi connectivity index (χ0v) is 17.8. The summed E-state index contributed by atoms with van der Waals surface area (Å²) < 4.78 is 28.7. The number of hydrogen-bond acceptors (Lipinski definition) is 4. The van der Waals surface area contributed by atoms with Gasteiger partial charge in [-0.2, -0.15) is 5.26 Å². The molecule has 1 amide bonds. The lowest BCUT2D eigenvalue weighted by Gasteiger charge is -2.07. The molecule has 0 fully saturated rings. The number of nitrogens with zero attached hydrogens (tertiary/aromatic N) is 2. The fourth-order valence-corrected chi connectivity index (χ4v) is 4.06. The molecule has 0 unspecified atom stereocenters. The number of carbonyl (C=O) groups is 1. The lowest BCUT2D eigenvalue weighted by Crippen LogP contribution is -2.33. The highest BCUT2D eigenvalue weighted by Gasteiger charge is 2.10. The Morgan fingerprint density at radius 1 is 1.10 bits per heavy atom. The van der Waals surface area contributed by atoms with Crippen molar-refractivity contribution in [2.45, 2.75) is 19.5 Å². The van der Waals surface area contributed by atoms with E-state index in [0.29, 0.717) is 13.0 Å². The van der Waals surface area contributed by atoms with Crippen molar-refractivity contribution in [3.63, 3.8) is 0 Å². The Balaban J connectivity index is 1.53. The molecule has 0 radical (unpaired) electrons. The number of rotatable bonds is 10. The van der Waals surface area contributed by atoms with E-state index in [1.165, 1.54) is 6.08 Å². The van der Waals surface area contributed by atoms with Crippen LogP contribution in [-0.2, 0) is 27.9 Å². The van der Waals surface area contributed by atoms with Crippen molar-refractivity contribution >= 4 is 32.9 Å². The third-order valence-electron chi connectivity index (χ3n) is 4.71. The van der Waals surface area contributed by atoms with Gasteiger partial charge in [0.25, 0.3) is 0 Å². The number of sulfonamides is 1. The third-order valence-corrected chi connectivity index (χ3v) is 6.03. The number of hydrogen-bond donors (Lipinski definition) is 2. The molecule has 0 saturated carbocycles. The van der Waals surface area contributed by atoms with Crippen molar-refractivity contribution in [1.82, 2.24) is 14.6 Å². The van der Waals surface area contributed by atoms with E-state index in [1.54, 1.807) is 6.08 Å². The number of aryl methyl sites for hydroxylation is 1. The van der Waals surface area contributed by atoms with Gasteiger partial charge in [0.15, 0.2) is 0 Å². The van der Waals surface area contributed by atoms with Crippen molar-refractivity contribution in [3.05, 3.63) is 78.0 Å². The molecular formula is C23H24N4O3S. The minimum atomic E-state index is -3.50. The second kappa shape index (κ2) is 10.6. The minimum absolute atomic E-state index is 0.0111. The molecule has 1 heterocycles. The Morgan fingerprint density at radius 2 is 1.84 bits per heavy atom. The number of nitrogens with one attached hydrogen (secondary N) is 2. The number of fused-ring (bicyclic) bond motifs is 1. The largest absolute Gasteiger partial charge is 0.351 e. The second-order valence-corrected chi connectivity index (χ2v) is 8.88. The van der Waals surface area contributed by atoms with Crippen molar-refractivity contribution in [2.24, 2.45) is 0 Å². The van der Waals surface area contributed by atoms with Gasteiger partial charge in [0.2, 0.25) is 15.9 Å². The first kappa shape index (κ1) is 22.3. The van der Waals surface area contributed by atoms with Crippen LogP contribution in [0.2, 0.25) is 0 Å². The number of nitriles is 1. The first-order valence-corrected chi connectivity index (χ1v) is 11.6. The average Bonchev–Trinajstić information content (AvgIpc) is 3.13. The van der Waals surface area contributed by atoms with E-state index >= 15 is 0 Å². The Labute approximate surface area is 182 Å². The van der Waals surface area contributed by atoms with Crippen LogP contribution in [0.4, 0.5) is 0 Å². The maximum absolute atomic E-state index is 12.1. The summed E-state index contributed by atoms with van der Waals surface area (Å²) in [4.78, 5) is 12.1. The summed E-state index contributed by atoms with van der Waals surface area (Å²) in [5.74, 6) is -0.570. The lowest BCUT2D eigenvalue weighted by molar-refractivity contribution is -0.116. The lowest BCUT2D eigenvalue weighted by atomic mass is 10.1. The van der Waals surface area contributed by atoms with Gasteiger partial charge in [-0.25, -0.2) is 13.1 Å². The summed E-state index contributed by atoms with van der Waals surface area (Å²) in [7, 11) is -3.50. The van der Waals surface area contributed by atoms with Gasteiger partial charge in [-0.15, -0.1) is 0 Å². The molecule has 0 bridgehead atoms. The molecule has 0 aliphatic rings. The number of benzene rings is 2. The molecule has 1 aromatic heterocycles. The van der Waals surface area contributed by atoms with Crippen LogP contribution in [-0.4, -0.2) is 31.2 Å². The zero-order chi connectivity index (χ0) is 22.1. The maximum atomic E-state index is 12.1. The number of carbonyl (C=O) groups excluding carboxylic acids is 1. The van der Waals surface area contributed by atoms with Crippen molar-refractivity contribution < 1.29 is 13.2 Å². The first-order valence-electron chi connectivity index (χ1n) is 9.90. The van der Waals surface area contributed by atoms with Crippen molar-refractivity contribution in [2.75, 3.05) is 12.3 Å². The molecular weight excluding hydrogens is 412 g/mol. The normalized spacial score (nSPS) is 11.6. The fourth-order valence-electron chi connectivity index (χ4n) is 3.16. The summed E-state index contributed by atoms with van der Waals surface area (Å²) in [5.41, 5.74) is 2.72.